The molecule has 55 heavy (non-hydrogen) atoms. The zero-order chi connectivity index (χ0) is 40.2. The van der Waals surface area contributed by atoms with Crippen molar-refractivity contribution in [2.45, 2.75) is 192 Å². The standard InChI is InChI=1S/C45H76O10/c1-3-5-7-9-11-13-15-17-19-21-23-25-27-29-31-33-40(47)52-36-38(37-53-45-44(51)43(50)42(49)39(35-46)55-45)54-41(48)34-32-30-28-26-24-22-20-18-16-14-12-10-8-6-4-2/h11-14,17-20,23,25,38-39,42-46,49-51H,3-10,15-16,21-22,24,26-37H2,1-2H3/b13-11+,14-12+,19-17+,20-18+,25-23+/t38-,39-,42+,43?,44?,45-/m0/s1. The lowest BCUT2D eigenvalue weighted by Gasteiger charge is -2.39. The fourth-order valence-corrected chi connectivity index (χ4v) is 5.93. The van der Waals surface area contributed by atoms with Crippen LogP contribution in [0.3, 0.4) is 0 Å². The molecule has 10 nitrogen and oxygen atoms in total. The van der Waals surface area contributed by atoms with Crippen LogP contribution in [0.4, 0.5) is 0 Å². The molecule has 10 heteroatoms. The molecule has 0 saturated carbocycles. The van der Waals surface area contributed by atoms with Crippen LogP contribution in [0.5, 0.6) is 0 Å². The Kier molecular flexibility index (Phi) is 32.8. The first-order valence-electron chi connectivity index (χ1n) is 21.4. The molecule has 1 fully saturated rings. The van der Waals surface area contributed by atoms with E-state index in [1.165, 1.54) is 38.5 Å². The van der Waals surface area contributed by atoms with Crippen LogP contribution >= 0.6 is 0 Å². The van der Waals surface area contributed by atoms with Crippen LogP contribution in [0.25, 0.3) is 0 Å². The maximum absolute atomic E-state index is 12.7. The summed E-state index contributed by atoms with van der Waals surface area (Å²) >= 11 is 0. The molecule has 1 aliphatic heterocycles. The number of rotatable bonds is 34. The van der Waals surface area contributed by atoms with Crippen molar-refractivity contribution in [3.8, 4) is 0 Å². The van der Waals surface area contributed by atoms with Crippen LogP contribution in [-0.2, 0) is 28.5 Å². The molecule has 4 N–H and O–H groups in total. The van der Waals surface area contributed by atoms with Crippen LogP contribution in [-0.4, -0.2) is 89.0 Å². The average Bonchev–Trinajstić information content (AvgIpc) is 3.18. The third kappa shape index (κ3) is 27.6. The van der Waals surface area contributed by atoms with Gasteiger partial charge in [-0.3, -0.25) is 9.59 Å². The second kappa shape index (κ2) is 35.8. The summed E-state index contributed by atoms with van der Waals surface area (Å²) in [7, 11) is 0. The summed E-state index contributed by atoms with van der Waals surface area (Å²) < 4.78 is 22.1. The smallest absolute Gasteiger partial charge is 0.306 e. The highest BCUT2D eigenvalue weighted by Gasteiger charge is 2.44. The number of unbranched alkanes of at least 4 members (excludes halogenated alkanes) is 13. The molecule has 0 radical (unpaired) electrons. The number of hydrogen-bond donors (Lipinski definition) is 4. The molecular formula is C45H76O10. The summed E-state index contributed by atoms with van der Waals surface area (Å²) in [6, 6.07) is 0. The Labute approximate surface area is 332 Å². The van der Waals surface area contributed by atoms with E-state index in [0.717, 1.165) is 77.0 Å². The fourth-order valence-electron chi connectivity index (χ4n) is 5.93. The molecule has 1 heterocycles. The zero-order valence-corrected chi connectivity index (χ0v) is 34.2. The summed E-state index contributed by atoms with van der Waals surface area (Å²) in [6.07, 6.45) is 35.1. The third-order valence-corrected chi connectivity index (χ3v) is 9.38. The largest absolute Gasteiger partial charge is 0.462 e. The van der Waals surface area contributed by atoms with Gasteiger partial charge >= 0.3 is 11.9 Å². The molecule has 0 aromatic carbocycles. The first-order chi connectivity index (χ1) is 26.8. The Morgan fingerprint density at radius 2 is 1.02 bits per heavy atom. The summed E-state index contributed by atoms with van der Waals surface area (Å²) in [4.78, 5) is 25.3. The van der Waals surface area contributed by atoms with Gasteiger partial charge in [-0.2, -0.15) is 0 Å². The lowest BCUT2D eigenvalue weighted by atomic mass is 9.99. The van der Waals surface area contributed by atoms with Crippen LogP contribution in [0.15, 0.2) is 60.8 Å². The Balaban J connectivity index is 2.41. The zero-order valence-electron chi connectivity index (χ0n) is 34.2. The number of carbonyl (C=O) groups excluding carboxylic acids is 2. The predicted octanol–water partition coefficient (Wildman–Crippen LogP) is 8.66. The van der Waals surface area contributed by atoms with Gasteiger partial charge in [0.2, 0.25) is 0 Å². The topological polar surface area (TPSA) is 152 Å². The van der Waals surface area contributed by atoms with E-state index in [2.05, 4.69) is 74.6 Å². The number of esters is 2. The molecule has 316 valence electrons. The fraction of sp³-hybridized carbons (Fsp3) is 0.733. The second-order valence-corrected chi connectivity index (χ2v) is 14.4. The Morgan fingerprint density at radius 3 is 1.56 bits per heavy atom. The number of aliphatic hydroxyl groups excluding tert-OH is 4. The van der Waals surface area contributed by atoms with Crippen molar-refractivity contribution >= 4 is 11.9 Å². The van der Waals surface area contributed by atoms with Crippen molar-refractivity contribution in [2.75, 3.05) is 19.8 Å². The van der Waals surface area contributed by atoms with Crippen molar-refractivity contribution in [1.82, 2.24) is 0 Å². The molecule has 0 amide bonds. The Hall–Kier alpha value is -2.60. The minimum atomic E-state index is -1.60. The van der Waals surface area contributed by atoms with Crippen molar-refractivity contribution < 1.29 is 49.0 Å². The van der Waals surface area contributed by atoms with Crippen molar-refractivity contribution in [3.05, 3.63) is 60.8 Å². The van der Waals surface area contributed by atoms with Gasteiger partial charge < -0.3 is 39.4 Å². The lowest BCUT2D eigenvalue weighted by Crippen LogP contribution is -2.59. The normalized spacial score (nSPS) is 21.2. The average molecular weight is 777 g/mol. The van der Waals surface area contributed by atoms with E-state index < -0.39 is 55.4 Å². The molecular weight excluding hydrogens is 700 g/mol. The number of carbonyl (C=O) groups is 2. The van der Waals surface area contributed by atoms with E-state index in [-0.39, 0.29) is 26.1 Å². The molecule has 1 rings (SSSR count). The highest BCUT2D eigenvalue weighted by molar-refractivity contribution is 5.70. The predicted molar refractivity (Wildman–Crippen MR) is 219 cm³/mol. The molecule has 0 aliphatic carbocycles. The van der Waals surface area contributed by atoms with E-state index in [1.807, 2.05) is 0 Å². The van der Waals surface area contributed by atoms with E-state index in [1.54, 1.807) is 0 Å². The first-order valence-corrected chi connectivity index (χ1v) is 21.4. The highest BCUT2D eigenvalue weighted by atomic mass is 16.7. The Morgan fingerprint density at radius 1 is 0.564 bits per heavy atom. The molecule has 1 aliphatic rings. The van der Waals surface area contributed by atoms with Crippen LogP contribution in [0.2, 0.25) is 0 Å². The molecule has 0 aromatic heterocycles. The van der Waals surface area contributed by atoms with Gasteiger partial charge in [0, 0.05) is 12.8 Å². The highest BCUT2D eigenvalue weighted by Crippen LogP contribution is 2.22. The number of hydrogen-bond acceptors (Lipinski definition) is 10. The van der Waals surface area contributed by atoms with E-state index >= 15 is 0 Å². The van der Waals surface area contributed by atoms with Gasteiger partial charge in [-0.05, 0) is 83.5 Å². The molecule has 0 bridgehead atoms. The van der Waals surface area contributed by atoms with Gasteiger partial charge in [-0.15, -0.1) is 0 Å². The van der Waals surface area contributed by atoms with Crippen molar-refractivity contribution in [3.63, 3.8) is 0 Å². The van der Waals surface area contributed by atoms with E-state index in [9.17, 15) is 30.0 Å². The lowest BCUT2D eigenvalue weighted by molar-refractivity contribution is -0.305. The monoisotopic (exact) mass is 777 g/mol. The minimum absolute atomic E-state index is 0.203. The molecule has 2 unspecified atom stereocenters. The maximum atomic E-state index is 12.7. The van der Waals surface area contributed by atoms with Gasteiger partial charge in [0.05, 0.1) is 13.2 Å². The van der Waals surface area contributed by atoms with Gasteiger partial charge in [-0.25, -0.2) is 0 Å². The number of aliphatic hydroxyl groups is 4. The van der Waals surface area contributed by atoms with Gasteiger partial charge in [0.15, 0.2) is 12.4 Å². The third-order valence-electron chi connectivity index (χ3n) is 9.38. The molecule has 1 saturated heterocycles. The van der Waals surface area contributed by atoms with Gasteiger partial charge in [0.1, 0.15) is 31.0 Å². The summed E-state index contributed by atoms with van der Waals surface area (Å²) in [5.74, 6) is -0.873. The number of allylic oxidation sites excluding steroid dienone is 10. The van der Waals surface area contributed by atoms with Crippen LogP contribution in [0.1, 0.15) is 155 Å². The molecule has 0 aromatic rings. The summed E-state index contributed by atoms with van der Waals surface area (Å²) in [5.41, 5.74) is 0. The van der Waals surface area contributed by atoms with E-state index in [4.69, 9.17) is 18.9 Å². The van der Waals surface area contributed by atoms with Gasteiger partial charge in [0.25, 0.3) is 0 Å². The SMILES string of the molecule is CCCCC/C=C/C/C=C/C/C=C/CCCCC(=O)OC[C@@H](CO[C@H]1O[C@@H](CO)[C@@H](O)C(O)C1O)OC(=O)CCCCCCC/C=C/C/C=C/CCCCC. The maximum Gasteiger partial charge on any atom is 0.306 e. The van der Waals surface area contributed by atoms with Crippen LogP contribution in [0, 0.1) is 0 Å². The van der Waals surface area contributed by atoms with Crippen molar-refractivity contribution in [1.29, 1.82) is 0 Å². The van der Waals surface area contributed by atoms with Crippen LogP contribution < -0.4 is 0 Å². The first kappa shape index (κ1) is 50.4. The van der Waals surface area contributed by atoms with Crippen molar-refractivity contribution in [2.24, 2.45) is 0 Å². The van der Waals surface area contributed by atoms with Gasteiger partial charge in [-0.1, -0.05) is 120 Å². The molecule has 0 spiro atoms. The quantitative estimate of drug-likeness (QED) is 0.0284. The summed E-state index contributed by atoms with van der Waals surface area (Å²) in [5, 5.41) is 40.0. The second-order valence-electron chi connectivity index (χ2n) is 14.4. The van der Waals surface area contributed by atoms with E-state index in [0.29, 0.717) is 12.8 Å². The Bertz CT molecular complexity index is 1080. The summed E-state index contributed by atoms with van der Waals surface area (Å²) in [6.45, 7) is 3.29. The minimum Gasteiger partial charge on any atom is -0.462 e. The molecule has 6 atom stereocenters. The number of ether oxygens (including phenoxy) is 4.